The highest BCUT2D eigenvalue weighted by Gasteiger charge is 2.20. The fourth-order valence-corrected chi connectivity index (χ4v) is 2.04. The minimum absolute atomic E-state index is 0.260. The molecule has 0 aliphatic rings. The Morgan fingerprint density at radius 1 is 1.45 bits per heavy atom. The number of nitrogen functional groups attached to an aromatic ring is 1. The number of carbonyl (C=O) groups excluding carboxylic acids is 1. The van der Waals surface area contributed by atoms with Crippen molar-refractivity contribution in [3.05, 3.63) is 29.6 Å². The molecule has 0 fully saturated rings. The number of carbonyl (C=O) groups is 1. The lowest BCUT2D eigenvalue weighted by Gasteiger charge is -2.06. The first-order valence-corrected chi connectivity index (χ1v) is 6.49. The molecule has 0 bridgehead atoms. The molecule has 0 spiro atoms. The molecule has 20 heavy (non-hydrogen) atoms. The largest absolute Gasteiger partial charge is 0.460 e. The second kappa shape index (κ2) is 5.77. The van der Waals surface area contributed by atoms with Crippen molar-refractivity contribution in [2.75, 3.05) is 12.3 Å². The Bertz CT molecular complexity index is 614. The predicted molar refractivity (Wildman–Crippen MR) is 74.2 cm³/mol. The summed E-state index contributed by atoms with van der Waals surface area (Å²) in [5.41, 5.74) is 7.32. The molecule has 0 aliphatic heterocycles. The number of aromatic nitrogens is 4. The topological polar surface area (TPSA) is 88.0 Å². The number of hydrogen-bond donors (Lipinski definition) is 1. The van der Waals surface area contributed by atoms with Gasteiger partial charge in [-0.15, -0.1) is 0 Å². The first kappa shape index (κ1) is 14.1. The SMILES string of the molecule is CCc1nn(C)c(C(=O)OCCc2nccn2C)c1N. The number of hydrogen-bond acceptors (Lipinski definition) is 5. The van der Waals surface area contributed by atoms with Gasteiger partial charge in [0, 0.05) is 32.9 Å². The maximum Gasteiger partial charge on any atom is 0.358 e. The first-order chi connectivity index (χ1) is 9.54. The monoisotopic (exact) mass is 277 g/mol. The molecule has 2 heterocycles. The minimum atomic E-state index is -0.452. The average Bonchev–Trinajstić information content (AvgIpc) is 2.93. The van der Waals surface area contributed by atoms with Crippen molar-refractivity contribution >= 4 is 11.7 Å². The third-order valence-electron chi connectivity index (χ3n) is 3.17. The molecule has 0 atom stereocenters. The van der Waals surface area contributed by atoms with E-state index in [0.29, 0.717) is 29.9 Å². The highest BCUT2D eigenvalue weighted by atomic mass is 16.5. The second-order valence-corrected chi connectivity index (χ2v) is 4.53. The van der Waals surface area contributed by atoms with Crippen molar-refractivity contribution in [3.8, 4) is 0 Å². The molecule has 108 valence electrons. The Kier molecular flexibility index (Phi) is 4.07. The van der Waals surface area contributed by atoms with E-state index in [-0.39, 0.29) is 6.61 Å². The van der Waals surface area contributed by atoms with E-state index in [1.165, 1.54) is 4.68 Å². The van der Waals surface area contributed by atoms with Crippen molar-refractivity contribution in [1.82, 2.24) is 19.3 Å². The second-order valence-electron chi connectivity index (χ2n) is 4.53. The molecule has 0 aliphatic carbocycles. The zero-order valence-electron chi connectivity index (χ0n) is 12.0. The minimum Gasteiger partial charge on any atom is -0.460 e. The van der Waals surface area contributed by atoms with Crippen LogP contribution < -0.4 is 5.73 Å². The van der Waals surface area contributed by atoms with E-state index in [1.807, 2.05) is 24.7 Å². The van der Waals surface area contributed by atoms with E-state index in [4.69, 9.17) is 10.5 Å². The van der Waals surface area contributed by atoms with Crippen LogP contribution in [0.2, 0.25) is 0 Å². The molecule has 0 radical (unpaired) electrons. The van der Waals surface area contributed by atoms with Crippen molar-refractivity contribution in [3.63, 3.8) is 0 Å². The standard InChI is InChI=1S/C13H19N5O2/c1-4-9-11(14)12(18(3)16-9)13(19)20-8-5-10-15-6-7-17(10)2/h6-7H,4-5,8,14H2,1-3H3. The van der Waals surface area contributed by atoms with Gasteiger partial charge in [0.05, 0.1) is 18.0 Å². The van der Waals surface area contributed by atoms with Crippen LogP contribution in [-0.4, -0.2) is 31.9 Å². The smallest absolute Gasteiger partial charge is 0.358 e. The maximum atomic E-state index is 12.0. The number of rotatable bonds is 5. The lowest BCUT2D eigenvalue weighted by Crippen LogP contribution is -2.15. The van der Waals surface area contributed by atoms with Gasteiger partial charge < -0.3 is 15.0 Å². The van der Waals surface area contributed by atoms with Gasteiger partial charge in [0.1, 0.15) is 5.82 Å². The predicted octanol–water partition coefficient (Wildman–Crippen LogP) is 0.698. The van der Waals surface area contributed by atoms with Gasteiger partial charge in [-0.2, -0.15) is 5.10 Å². The molecule has 7 nitrogen and oxygen atoms in total. The van der Waals surface area contributed by atoms with Gasteiger partial charge >= 0.3 is 5.97 Å². The van der Waals surface area contributed by atoms with E-state index in [9.17, 15) is 4.79 Å². The molecule has 2 N–H and O–H groups in total. The van der Waals surface area contributed by atoms with Crippen molar-refractivity contribution < 1.29 is 9.53 Å². The number of esters is 1. The van der Waals surface area contributed by atoms with Gasteiger partial charge in [-0.1, -0.05) is 6.92 Å². The van der Waals surface area contributed by atoms with E-state index in [1.54, 1.807) is 13.2 Å². The molecule has 0 saturated carbocycles. The number of imidazole rings is 1. The highest BCUT2D eigenvalue weighted by Crippen LogP contribution is 2.17. The summed E-state index contributed by atoms with van der Waals surface area (Å²) in [5, 5.41) is 4.20. The van der Waals surface area contributed by atoms with E-state index >= 15 is 0 Å². The summed E-state index contributed by atoms with van der Waals surface area (Å²) in [6.07, 6.45) is 4.81. The number of nitrogens with two attached hydrogens (primary N) is 1. The van der Waals surface area contributed by atoms with Crippen LogP contribution in [0.4, 0.5) is 5.69 Å². The van der Waals surface area contributed by atoms with Gasteiger partial charge in [-0.25, -0.2) is 9.78 Å². The zero-order valence-corrected chi connectivity index (χ0v) is 12.0. The Hall–Kier alpha value is -2.31. The van der Waals surface area contributed by atoms with Crippen LogP contribution in [0.1, 0.15) is 28.9 Å². The molecule has 2 aromatic heterocycles. The molecule has 2 aromatic rings. The summed E-state index contributed by atoms with van der Waals surface area (Å²) in [4.78, 5) is 16.2. The van der Waals surface area contributed by atoms with Crippen LogP contribution in [0.25, 0.3) is 0 Å². The zero-order chi connectivity index (χ0) is 14.7. The van der Waals surface area contributed by atoms with Crippen LogP contribution in [0.5, 0.6) is 0 Å². The number of anilines is 1. The molecule has 0 amide bonds. The summed E-state index contributed by atoms with van der Waals surface area (Å²) < 4.78 is 8.60. The summed E-state index contributed by atoms with van der Waals surface area (Å²) in [5.74, 6) is 0.413. The van der Waals surface area contributed by atoms with Crippen molar-refractivity contribution in [1.29, 1.82) is 0 Å². The summed E-state index contributed by atoms with van der Waals surface area (Å²) >= 11 is 0. The quantitative estimate of drug-likeness (QED) is 0.813. The van der Waals surface area contributed by atoms with Crippen LogP contribution in [-0.2, 0) is 31.7 Å². The van der Waals surface area contributed by atoms with Crippen LogP contribution in [0, 0.1) is 0 Å². The Morgan fingerprint density at radius 2 is 2.20 bits per heavy atom. The summed E-state index contributed by atoms with van der Waals surface area (Å²) in [6, 6.07) is 0. The van der Waals surface area contributed by atoms with E-state index in [2.05, 4.69) is 10.1 Å². The van der Waals surface area contributed by atoms with Gasteiger partial charge in [-0.05, 0) is 6.42 Å². The van der Waals surface area contributed by atoms with E-state index < -0.39 is 5.97 Å². The molecule has 7 heteroatoms. The fourth-order valence-electron chi connectivity index (χ4n) is 2.04. The van der Waals surface area contributed by atoms with Crippen molar-refractivity contribution in [2.24, 2.45) is 14.1 Å². The van der Waals surface area contributed by atoms with Crippen LogP contribution in [0.3, 0.4) is 0 Å². The van der Waals surface area contributed by atoms with E-state index in [0.717, 1.165) is 5.82 Å². The Labute approximate surface area is 117 Å². The molecule has 2 rings (SSSR count). The fraction of sp³-hybridized carbons (Fsp3) is 0.462. The number of ether oxygens (including phenoxy) is 1. The molecule has 0 unspecified atom stereocenters. The normalized spacial score (nSPS) is 10.8. The van der Waals surface area contributed by atoms with Gasteiger partial charge in [0.25, 0.3) is 0 Å². The molecule has 0 saturated heterocycles. The third kappa shape index (κ3) is 2.66. The van der Waals surface area contributed by atoms with Crippen LogP contribution >= 0.6 is 0 Å². The summed E-state index contributed by atoms with van der Waals surface area (Å²) in [6.45, 7) is 2.20. The third-order valence-corrected chi connectivity index (χ3v) is 3.17. The van der Waals surface area contributed by atoms with Crippen molar-refractivity contribution in [2.45, 2.75) is 19.8 Å². The first-order valence-electron chi connectivity index (χ1n) is 6.49. The highest BCUT2D eigenvalue weighted by molar-refractivity contribution is 5.93. The molecular formula is C13H19N5O2. The molecule has 0 aromatic carbocycles. The van der Waals surface area contributed by atoms with Gasteiger partial charge in [0.2, 0.25) is 0 Å². The Morgan fingerprint density at radius 3 is 2.75 bits per heavy atom. The lowest BCUT2D eigenvalue weighted by atomic mass is 10.2. The average molecular weight is 277 g/mol. The molecular weight excluding hydrogens is 258 g/mol. The maximum absolute atomic E-state index is 12.0. The summed E-state index contributed by atoms with van der Waals surface area (Å²) in [7, 11) is 3.58. The van der Waals surface area contributed by atoms with Gasteiger partial charge in [0.15, 0.2) is 5.69 Å². The Balaban J connectivity index is 1.99. The lowest BCUT2D eigenvalue weighted by molar-refractivity contribution is 0.0495. The number of nitrogens with zero attached hydrogens (tertiary/aromatic N) is 4. The van der Waals surface area contributed by atoms with Gasteiger partial charge in [-0.3, -0.25) is 4.68 Å². The number of aryl methyl sites for hydroxylation is 3. The van der Waals surface area contributed by atoms with Crippen LogP contribution in [0.15, 0.2) is 12.4 Å².